The van der Waals surface area contributed by atoms with E-state index in [1.165, 1.54) is 24.3 Å². The third-order valence-electron chi connectivity index (χ3n) is 2.11. The lowest BCUT2D eigenvalue weighted by Crippen LogP contribution is -2.29. The van der Waals surface area contributed by atoms with Gasteiger partial charge < -0.3 is 4.74 Å². The lowest BCUT2D eigenvalue weighted by atomic mass is 10.3. The first kappa shape index (κ1) is 16.2. The van der Waals surface area contributed by atoms with E-state index in [1.807, 2.05) is 0 Å². The molecule has 0 saturated heterocycles. The fourth-order valence-electron chi connectivity index (χ4n) is 1.27. The molecule has 0 spiro atoms. The van der Waals surface area contributed by atoms with Gasteiger partial charge in [-0.05, 0) is 31.2 Å². The Labute approximate surface area is 118 Å². The molecule has 0 saturated carbocycles. The second-order valence-electron chi connectivity index (χ2n) is 3.61. The molecule has 1 atom stereocenters. The van der Waals surface area contributed by atoms with E-state index in [1.54, 1.807) is 6.92 Å². The Morgan fingerprint density at radius 3 is 2.42 bits per heavy atom. The van der Waals surface area contributed by atoms with Gasteiger partial charge in [0.25, 0.3) is 0 Å². The van der Waals surface area contributed by atoms with Crippen molar-refractivity contribution in [3.8, 4) is 0 Å². The highest BCUT2D eigenvalue weighted by atomic mass is 35.5. The Morgan fingerprint density at radius 2 is 1.95 bits per heavy atom. The smallest absolute Gasteiger partial charge is 0.401 e. The molecule has 0 fully saturated rings. The average Bonchev–Trinajstić information content (AvgIpc) is 2.30. The Balaban J connectivity index is 2.75. The second kappa shape index (κ2) is 7.05. The molecule has 0 aromatic heterocycles. The Kier molecular flexibility index (Phi) is 6.00. The van der Waals surface area contributed by atoms with Gasteiger partial charge in [-0.3, -0.25) is 4.79 Å². The van der Waals surface area contributed by atoms with Gasteiger partial charge in [-0.15, -0.1) is 11.8 Å². The van der Waals surface area contributed by atoms with Crippen LogP contribution in [0.25, 0.3) is 0 Å². The standard InChI is InChI=1S/C12H12ClF3O2S/c1-2-18-11(17)7-10(12(14,15)16)19-9-5-3-8(13)4-6-9/h3-6,10H,2,7H2,1H3/t10-/m1/s1. The number of benzene rings is 1. The number of hydrogen-bond donors (Lipinski definition) is 0. The van der Waals surface area contributed by atoms with Crippen LogP contribution in [0.2, 0.25) is 5.02 Å². The van der Waals surface area contributed by atoms with Crippen molar-refractivity contribution in [2.24, 2.45) is 0 Å². The van der Waals surface area contributed by atoms with Crippen LogP contribution >= 0.6 is 23.4 Å². The normalized spacial score (nSPS) is 13.1. The van der Waals surface area contributed by atoms with Crippen molar-refractivity contribution in [2.45, 2.75) is 29.7 Å². The van der Waals surface area contributed by atoms with Crippen LogP contribution in [0.15, 0.2) is 29.2 Å². The van der Waals surface area contributed by atoms with Gasteiger partial charge in [0.15, 0.2) is 0 Å². The second-order valence-corrected chi connectivity index (χ2v) is 5.32. The zero-order valence-electron chi connectivity index (χ0n) is 10.0. The van der Waals surface area contributed by atoms with Crippen molar-refractivity contribution in [3.63, 3.8) is 0 Å². The third-order valence-corrected chi connectivity index (χ3v) is 3.63. The highest BCUT2D eigenvalue weighted by Gasteiger charge is 2.42. The number of carbonyl (C=O) groups excluding carboxylic acids is 1. The maximum atomic E-state index is 12.8. The minimum atomic E-state index is -4.48. The summed E-state index contributed by atoms with van der Waals surface area (Å²) in [4.78, 5) is 11.6. The number of halogens is 4. The van der Waals surface area contributed by atoms with E-state index in [-0.39, 0.29) is 6.61 Å². The fourth-order valence-corrected chi connectivity index (χ4v) is 2.37. The molecule has 1 rings (SSSR count). The van der Waals surface area contributed by atoms with Crippen LogP contribution in [0.1, 0.15) is 13.3 Å². The summed E-state index contributed by atoms with van der Waals surface area (Å²) in [5.74, 6) is -0.855. The SMILES string of the molecule is CCOC(=O)C[C@@H](Sc1ccc(Cl)cc1)C(F)(F)F. The van der Waals surface area contributed by atoms with Crippen molar-refractivity contribution in [1.82, 2.24) is 0 Å². The molecular formula is C12H12ClF3O2S. The van der Waals surface area contributed by atoms with Gasteiger partial charge in [-0.25, -0.2) is 0 Å². The van der Waals surface area contributed by atoms with Gasteiger partial charge in [0, 0.05) is 9.92 Å². The van der Waals surface area contributed by atoms with Gasteiger partial charge >= 0.3 is 12.1 Å². The molecule has 106 valence electrons. The Hall–Kier alpha value is -0.880. The molecule has 0 bridgehead atoms. The largest absolute Gasteiger partial charge is 0.466 e. The summed E-state index contributed by atoms with van der Waals surface area (Å²) in [6, 6.07) is 5.97. The molecule has 7 heteroatoms. The maximum absolute atomic E-state index is 12.8. The lowest BCUT2D eigenvalue weighted by molar-refractivity contribution is -0.154. The first-order valence-electron chi connectivity index (χ1n) is 5.47. The van der Waals surface area contributed by atoms with Crippen LogP contribution in [-0.4, -0.2) is 24.0 Å². The first-order chi connectivity index (χ1) is 8.82. The van der Waals surface area contributed by atoms with Gasteiger partial charge in [0.05, 0.1) is 13.0 Å². The van der Waals surface area contributed by atoms with E-state index >= 15 is 0 Å². The number of thioether (sulfide) groups is 1. The summed E-state index contributed by atoms with van der Waals surface area (Å²) in [5, 5.41) is -1.38. The van der Waals surface area contributed by atoms with Crippen LogP contribution in [0.3, 0.4) is 0 Å². The van der Waals surface area contributed by atoms with Crippen LogP contribution in [0.5, 0.6) is 0 Å². The zero-order valence-corrected chi connectivity index (χ0v) is 11.6. The van der Waals surface area contributed by atoms with E-state index in [2.05, 4.69) is 4.74 Å². The minimum absolute atomic E-state index is 0.0645. The van der Waals surface area contributed by atoms with Crippen LogP contribution in [0.4, 0.5) is 13.2 Å². The Bertz CT molecular complexity index is 420. The molecule has 0 unspecified atom stereocenters. The van der Waals surface area contributed by atoms with Gasteiger partial charge in [-0.2, -0.15) is 13.2 Å². The van der Waals surface area contributed by atoms with Crippen LogP contribution in [0, 0.1) is 0 Å². The zero-order chi connectivity index (χ0) is 14.5. The molecule has 0 heterocycles. The van der Waals surface area contributed by atoms with Gasteiger partial charge in [-0.1, -0.05) is 11.6 Å². The molecule has 19 heavy (non-hydrogen) atoms. The van der Waals surface area contributed by atoms with E-state index in [4.69, 9.17) is 11.6 Å². The summed E-state index contributed by atoms with van der Waals surface area (Å²) in [6.07, 6.45) is -5.18. The summed E-state index contributed by atoms with van der Waals surface area (Å²) >= 11 is 6.23. The molecular weight excluding hydrogens is 301 g/mol. The highest BCUT2D eigenvalue weighted by Crippen LogP contribution is 2.37. The summed E-state index contributed by atoms with van der Waals surface area (Å²) < 4.78 is 43.0. The number of alkyl halides is 3. The van der Waals surface area contributed by atoms with Crippen molar-refractivity contribution >= 4 is 29.3 Å². The monoisotopic (exact) mass is 312 g/mol. The maximum Gasteiger partial charge on any atom is 0.401 e. The highest BCUT2D eigenvalue weighted by molar-refractivity contribution is 8.00. The number of carbonyl (C=O) groups is 1. The first-order valence-corrected chi connectivity index (χ1v) is 6.73. The van der Waals surface area contributed by atoms with Crippen molar-refractivity contribution in [3.05, 3.63) is 29.3 Å². The molecule has 0 radical (unpaired) electrons. The molecule has 2 nitrogen and oxygen atoms in total. The van der Waals surface area contributed by atoms with Gasteiger partial charge in [0.1, 0.15) is 5.25 Å². The van der Waals surface area contributed by atoms with E-state index in [0.29, 0.717) is 21.7 Å². The number of hydrogen-bond acceptors (Lipinski definition) is 3. The van der Waals surface area contributed by atoms with E-state index < -0.39 is 23.8 Å². The molecule has 0 amide bonds. The van der Waals surface area contributed by atoms with Crippen molar-refractivity contribution in [2.75, 3.05) is 6.61 Å². The Morgan fingerprint density at radius 1 is 1.37 bits per heavy atom. The topological polar surface area (TPSA) is 26.3 Å². The fraction of sp³-hybridized carbons (Fsp3) is 0.417. The van der Waals surface area contributed by atoms with Crippen LogP contribution in [-0.2, 0) is 9.53 Å². The van der Waals surface area contributed by atoms with Crippen molar-refractivity contribution < 1.29 is 22.7 Å². The quantitative estimate of drug-likeness (QED) is 0.598. The lowest BCUT2D eigenvalue weighted by Gasteiger charge is -2.19. The third kappa shape index (κ3) is 5.74. The summed E-state index contributed by atoms with van der Waals surface area (Å²) in [5.41, 5.74) is 0. The van der Waals surface area contributed by atoms with Crippen LogP contribution < -0.4 is 0 Å². The molecule has 0 aliphatic carbocycles. The van der Waals surface area contributed by atoms with Crippen molar-refractivity contribution in [1.29, 1.82) is 0 Å². The molecule has 0 aliphatic heterocycles. The van der Waals surface area contributed by atoms with E-state index in [0.717, 1.165) is 0 Å². The molecule has 0 N–H and O–H groups in total. The minimum Gasteiger partial charge on any atom is -0.466 e. The molecule has 1 aromatic rings. The predicted octanol–water partition coefficient (Wildman–Crippen LogP) is 4.32. The number of esters is 1. The average molecular weight is 313 g/mol. The number of rotatable bonds is 5. The predicted molar refractivity (Wildman–Crippen MR) is 68.4 cm³/mol. The molecule has 0 aliphatic rings. The molecule has 1 aromatic carbocycles. The number of ether oxygens (including phenoxy) is 1. The summed E-state index contributed by atoms with van der Waals surface area (Å²) in [6.45, 7) is 1.61. The van der Waals surface area contributed by atoms with Gasteiger partial charge in [0.2, 0.25) is 0 Å². The van der Waals surface area contributed by atoms with E-state index in [9.17, 15) is 18.0 Å². The summed E-state index contributed by atoms with van der Waals surface area (Å²) in [7, 11) is 0.